The van der Waals surface area contributed by atoms with Crippen LogP contribution in [0.3, 0.4) is 0 Å². The van der Waals surface area contributed by atoms with Gasteiger partial charge in [0, 0.05) is 13.0 Å². The SMILES string of the molecule is Cc1cc(C)c(S(=O)(=O)NCCC2OCCCO2)c(C)c1. The Morgan fingerprint density at radius 1 is 1.14 bits per heavy atom. The lowest BCUT2D eigenvalue weighted by atomic mass is 10.1. The molecular weight excluding hydrogens is 290 g/mol. The molecule has 1 aromatic rings. The third-order valence-electron chi connectivity index (χ3n) is 3.44. The summed E-state index contributed by atoms with van der Waals surface area (Å²) in [5, 5.41) is 0. The predicted molar refractivity (Wildman–Crippen MR) is 80.8 cm³/mol. The first-order chi connectivity index (χ1) is 9.90. The van der Waals surface area contributed by atoms with Crippen LogP contribution in [0, 0.1) is 20.8 Å². The van der Waals surface area contributed by atoms with Crippen molar-refractivity contribution < 1.29 is 17.9 Å². The van der Waals surface area contributed by atoms with Gasteiger partial charge >= 0.3 is 0 Å². The van der Waals surface area contributed by atoms with Gasteiger partial charge in [-0.1, -0.05) is 17.7 Å². The van der Waals surface area contributed by atoms with Crippen LogP contribution in [-0.4, -0.2) is 34.5 Å². The van der Waals surface area contributed by atoms with E-state index in [9.17, 15) is 8.42 Å². The number of sulfonamides is 1. The van der Waals surface area contributed by atoms with Crippen molar-refractivity contribution >= 4 is 10.0 Å². The Hall–Kier alpha value is -0.950. The van der Waals surface area contributed by atoms with Crippen LogP contribution < -0.4 is 4.72 Å². The van der Waals surface area contributed by atoms with Gasteiger partial charge < -0.3 is 9.47 Å². The monoisotopic (exact) mass is 313 g/mol. The molecular formula is C15H23NO4S. The Balaban J connectivity index is 2.01. The second kappa shape index (κ2) is 6.87. The molecule has 5 nitrogen and oxygen atoms in total. The van der Waals surface area contributed by atoms with Crippen LogP contribution in [-0.2, 0) is 19.5 Å². The van der Waals surface area contributed by atoms with E-state index in [1.807, 2.05) is 32.9 Å². The van der Waals surface area contributed by atoms with Crippen molar-refractivity contribution in [3.63, 3.8) is 0 Å². The molecule has 0 unspecified atom stereocenters. The highest BCUT2D eigenvalue weighted by Crippen LogP contribution is 2.21. The summed E-state index contributed by atoms with van der Waals surface area (Å²) < 4.78 is 38.3. The Morgan fingerprint density at radius 2 is 1.71 bits per heavy atom. The highest BCUT2D eigenvalue weighted by Gasteiger charge is 2.21. The Labute approximate surface area is 126 Å². The Kier molecular flexibility index (Phi) is 5.37. The van der Waals surface area contributed by atoms with Crippen LogP contribution in [0.1, 0.15) is 29.5 Å². The molecule has 0 spiro atoms. The van der Waals surface area contributed by atoms with Gasteiger partial charge in [-0.15, -0.1) is 0 Å². The van der Waals surface area contributed by atoms with Gasteiger partial charge in [0.05, 0.1) is 18.1 Å². The lowest BCUT2D eigenvalue weighted by Crippen LogP contribution is -2.32. The van der Waals surface area contributed by atoms with Crippen molar-refractivity contribution in [2.45, 2.75) is 44.8 Å². The van der Waals surface area contributed by atoms with Crippen LogP contribution in [0.5, 0.6) is 0 Å². The number of hydrogen-bond acceptors (Lipinski definition) is 4. The maximum atomic E-state index is 12.4. The standard InChI is InChI=1S/C15H23NO4S/c1-11-9-12(2)15(13(3)10-11)21(17,18)16-6-5-14-19-7-4-8-20-14/h9-10,14,16H,4-8H2,1-3H3. The molecule has 1 N–H and O–H groups in total. The van der Waals surface area contributed by atoms with Crippen LogP contribution in [0.25, 0.3) is 0 Å². The van der Waals surface area contributed by atoms with Crippen molar-refractivity contribution in [2.75, 3.05) is 19.8 Å². The van der Waals surface area contributed by atoms with E-state index in [0.717, 1.165) is 23.1 Å². The molecule has 1 fully saturated rings. The zero-order chi connectivity index (χ0) is 15.5. The molecule has 0 saturated carbocycles. The third kappa shape index (κ3) is 4.26. The van der Waals surface area contributed by atoms with Gasteiger partial charge in [-0.2, -0.15) is 0 Å². The second-order valence-corrected chi connectivity index (χ2v) is 7.14. The van der Waals surface area contributed by atoms with E-state index in [0.29, 0.717) is 31.1 Å². The van der Waals surface area contributed by atoms with Gasteiger partial charge in [0.15, 0.2) is 6.29 Å². The molecule has 1 aromatic carbocycles. The minimum atomic E-state index is -3.50. The smallest absolute Gasteiger partial charge is 0.241 e. The molecule has 0 radical (unpaired) electrons. The van der Waals surface area contributed by atoms with Gasteiger partial charge in [-0.05, 0) is 38.3 Å². The fourth-order valence-corrected chi connectivity index (χ4v) is 4.17. The summed E-state index contributed by atoms with van der Waals surface area (Å²) in [6, 6.07) is 3.77. The fraction of sp³-hybridized carbons (Fsp3) is 0.600. The molecule has 2 rings (SSSR count). The fourth-order valence-electron chi connectivity index (χ4n) is 2.68. The van der Waals surface area contributed by atoms with Gasteiger partial charge in [0.2, 0.25) is 10.0 Å². The van der Waals surface area contributed by atoms with Gasteiger partial charge in [-0.25, -0.2) is 13.1 Å². The summed E-state index contributed by atoms with van der Waals surface area (Å²) in [7, 11) is -3.50. The number of benzene rings is 1. The quantitative estimate of drug-likeness (QED) is 0.903. The molecule has 1 saturated heterocycles. The average molecular weight is 313 g/mol. The van der Waals surface area contributed by atoms with E-state index in [1.165, 1.54) is 0 Å². The molecule has 0 amide bonds. The highest BCUT2D eigenvalue weighted by atomic mass is 32.2. The van der Waals surface area contributed by atoms with Gasteiger partial charge in [-0.3, -0.25) is 0 Å². The first kappa shape index (κ1) is 16.4. The summed E-state index contributed by atoms with van der Waals surface area (Å²) in [5.74, 6) is 0. The molecule has 0 aromatic heterocycles. The lowest BCUT2D eigenvalue weighted by molar-refractivity contribution is -0.180. The largest absolute Gasteiger partial charge is 0.353 e. The number of ether oxygens (including phenoxy) is 2. The number of aryl methyl sites for hydroxylation is 3. The van der Waals surface area contributed by atoms with E-state index in [1.54, 1.807) is 0 Å². The third-order valence-corrected chi connectivity index (χ3v) is 5.21. The first-order valence-corrected chi connectivity index (χ1v) is 8.69. The number of rotatable bonds is 5. The Morgan fingerprint density at radius 3 is 2.29 bits per heavy atom. The van der Waals surface area contributed by atoms with E-state index in [-0.39, 0.29) is 6.29 Å². The van der Waals surface area contributed by atoms with Crippen molar-refractivity contribution in [3.8, 4) is 0 Å². The van der Waals surface area contributed by atoms with E-state index >= 15 is 0 Å². The Bertz CT molecular complexity index is 569. The molecule has 6 heteroatoms. The minimum Gasteiger partial charge on any atom is -0.353 e. The molecule has 0 bridgehead atoms. The topological polar surface area (TPSA) is 64.6 Å². The van der Waals surface area contributed by atoms with Crippen molar-refractivity contribution in [1.82, 2.24) is 4.72 Å². The molecule has 1 heterocycles. The molecule has 0 atom stereocenters. The van der Waals surface area contributed by atoms with Gasteiger partial charge in [0.1, 0.15) is 0 Å². The zero-order valence-corrected chi connectivity index (χ0v) is 13.6. The minimum absolute atomic E-state index is 0.304. The first-order valence-electron chi connectivity index (χ1n) is 7.21. The molecule has 118 valence electrons. The van der Waals surface area contributed by atoms with Crippen LogP contribution in [0.15, 0.2) is 17.0 Å². The maximum absolute atomic E-state index is 12.4. The summed E-state index contributed by atoms with van der Waals surface area (Å²) in [6.45, 7) is 7.26. The molecule has 1 aliphatic heterocycles. The van der Waals surface area contributed by atoms with E-state index < -0.39 is 10.0 Å². The zero-order valence-electron chi connectivity index (χ0n) is 12.8. The van der Waals surface area contributed by atoms with Crippen molar-refractivity contribution in [2.24, 2.45) is 0 Å². The molecule has 21 heavy (non-hydrogen) atoms. The second-order valence-electron chi connectivity index (χ2n) is 5.44. The van der Waals surface area contributed by atoms with Gasteiger partial charge in [0.25, 0.3) is 0 Å². The molecule has 1 aliphatic rings. The maximum Gasteiger partial charge on any atom is 0.241 e. The van der Waals surface area contributed by atoms with E-state index in [4.69, 9.17) is 9.47 Å². The predicted octanol–water partition coefficient (Wildman–Crippen LogP) is 2.04. The summed E-state index contributed by atoms with van der Waals surface area (Å²) in [4.78, 5) is 0.374. The lowest BCUT2D eigenvalue weighted by Gasteiger charge is -2.23. The number of nitrogens with one attached hydrogen (secondary N) is 1. The van der Waals surface area contributed by atoms with E-state index in [2.05, 4.69) is 4.72 Å². The van der Waals surface area contributed by atoms with Crippen LogP contribution in [0.4, 0.5) is 0 Å². The summed E-state index contributed by atoms with van der Waals surface area (Å²) >= 11 is 0. The average Bonchev–Trinajstić information content (AvgIpc) is 2.38. The van der Waals surface area contributed by atoms with Crippen LogP contribution in [0.2, 0.25) is 0 Å². The van der Waals surface area contributed by atoms with Crippen LogP contribution >= 0.6 is 0 Å². The normalized spacial score (nSPS) is 17.1. The highest BCUT2D eigenvalue weighted by molar-refractivity contribution is 7.89. The summed E-state index contributed by atoms with van der Waals surface area (Å²) in [5.41, 5.74) is 2.60. The number of hydrogen-bond donors (Lipinski definition) is 1. The van der Waals surface area contributed by atoms with Crippen molar-refractivity contribution in [3.05, 3.63) is 28.8 Å². The van der Waals surface area contributed by atoms with Crippen molar-refractivity contribution in [1.29, 1.82) is 0 Å². The summed E-state index contributed by atoms with van der Waals surface area (Å²) in [6.07, 6.45) is 1.11. The molecule has 0 aliphatic carbocycles.